The maximum absolute atomic E-state index is 11.9. The van der Waals surface area contributed by atoms with E-state index in [0.717, 1.165) is 38.2 Å². The summed E-state index contributed by atoms with van der Waals surface area (Å²) >= 11 is 1.58. The SMILES string of the molecule is CSCC(=O)N1CC2(C1)OCC[C@H]2CCOCc1ccccn1. The van der Waals surface area contributed by atoms with E-state index in [9.17, 15) is 4.79 Å². The van der Waals surface area contributed by atoms with Crippen molar-refractivity contribution < 1.29 is 14.3 Å². The van der Waals surface area contributed by atoms with Crippen molar-refractivity contribution in [2.45, 2.75) is 25.0 Å². The van der Waals surface area contributed by atoms with Crippen LogP contribution in [-0.2, 0) is 20.9 Å². The summed E-state index contributed by atoms with van der Waals surface area (Å²) in [6, 6.07) is 5.85. The second-order valence-electron chi connectivity index (χ2n) is 6.24. The highest BCUT2D eigenvalue weighted by Crippen LogP contribution is 2.41. The Morgan fingerprint density at radius 2 is 2.39 bits per heavy atom. The van der Waals surface area contributed by atoms with Crippen LogP contribution in [0.5, 0.6) is 0 Å². The summed E-state index contributed by atoms with van der Waals surface area (Å²) in [5.41, 5.74) is 0.852. The van der Waals surface area contributed by atoms with Crippen molar-refractivity contribution in [3.05, 3.63) is 30.1 Å². The van der Waals surface area contributed by atoms with Gasteiger partial charge >= 0.3 is 0 Å². The van der Waals surface area contributed by atoms with Crippen molar-refractivity contribution >= 4 is 17.7 Å². The van der Waals surface area contributed by atoms with Gasteiger partial charge in [-0.15, -0.1) is 0 Å². The van der Waals surface area contributed by atoms with Crippen molar-refractivity contribution in [1.29, 1.82) is 0 Å². The van der Waals surface area contributed by atoms with Gasteiger partial charge in [0.25, 0.3) is 0 Å². The highest BCUT2D eigenvalue weighted by molar-refractivity contribution is 7.99. The number of aromatic nitrogens is 1. The molecule has 1 aromatic rings. The lowest BCUT2D eigenvalue weighted by Crippen LogP contribution is -2.66. The first-order valence-corrected chi connectivity index (χ1v) is 9.51. The molecule has 0 aliphatic carbocycles. The second-order valence-corrected chi connectivity index (χ2v) is 7.11. The minimum absolute atomic E-state index is 0.109. The molecular weight excluding hydrogens is 312 g/mol. The van der Waals surface area contributed by atoms with Crippen molar-refractivity contribution in [1.82, 2.24) is 9.88 Å². The highest BCUT2D eigenvalue weighted by Gasteiger charge is 2.53. The number of carbonyl (C=O) groups excluding carboxylic acids is 1. The summed E-state index contributed by atoms with van der Waals surface area (Å²) in [5.74, 6) is 1.28. The molecule has 1 amide bonds. The molecule has 2 aliphatic heterocycles. The van der Waals surface area contributed by atoms with Crippen LogP contribution in [0.2, 0.25) is 0 Å². The van der Waals surface area contributed by atoms with Gasteiger partial charge in [0.15, 0.2) is 0 Å². The van der Waals surface area contributed by atoms with E-state index in [0.29, 0.717) is 24.9 Å². The molecule has 1 atom stereocenters. The Kier molecular flexibility index (Phi) is 5.56. The van der Waals surface area contributed by atoms with Gasteiger partial charge in [-0.1, -0.05) is 6.07 Å². The fraction of sp³-hybridized carbons (Fsp3) is 0.647. The van der Waals surface area contributed by atoms with E-state index in [1.165, 1.54) is 0 Å². The van der Waals surface area contributed by atoms with Gasteiger partial charge in [0.05, 0.1) is 31.1 Å². The smallest absolute Gasteiger partial charge is 0.232 e. The van der Waals surface area contributed by atoms with E-state index >= 15 is 0 Å². The molecule has 2 saturated heterocycles. The zero-order chi connectivity index (χ0) is 16.1. The molecule has 0 unspecified atom stereocenters. The summed E-state index contributed by atoms with van der Waals surface area (Å²) in [7, 11) is 0. The molecule has 2 aliphatic rings. The normalized spacial score (nSPS) is 22.3. The number of carbonyl (C=O) groups is 1. The number of thioether (sulfide) groups is 1. The molecule has 5 nitrogen and oxygen atoms in total. The Hall–Kier alpha value is -1.11. The standard InChI is InChI=1S/C17H24N2O3S/c1-23-11-16(20)19-12-17(13-19)14(6-9-22-17)5-8-21-10-15-4-2-3-7-18-15/h2-4,7,14H,5-6,8-13H2,1H3/t14-/m1/s1. The number of pyridine rings is 1. The third kappa shape index (κ3) is 3.87. The monoisotopic (exact) mass is 336 g/mol. The molecule has 1 aromatic heterocycles. The maximum Gasteiger partial charge on any atom is 0.232 e. The van der Waals surface area contributed by atoms with Gasteiger partial charge in [-0.05, 0) is 37.1 Å². The van der Waals surface area contributed by atoms with E-state index in [1.54, 1.807) is 18.0 Å². The van der Waals surface area contributed by atoms with Gasteiger partial charge in [0.2, 0.25) is 5.91 Å². The van der Waals surface area contributed by atoms with Crippen LogP contribution < -0.4 is 0 Å². The van der Waals surface area contributed by atoms with Gasteiger partial charge in [-0.3, -0.25) is 9.78 Å². The summed E-state index contributed by atoms with van der Waals surface area (Å²) in [5, 5.41) is 0. The lowest BCUT2D eigenvalue weighted by Gasteiger charge is -2.50. The summed E-state index contributed by atoms with van der Waals surface area (Å²) in [6.45, 7) is 3.56. The molecule has 0 aromatic carbocycles. The number of ether oxygens (including phenoxy) is 2. The molecule has 0 N–H and O–H groups in total. The Morgan fingerprint density at radius 1 is 1.52 bits per heavy atom. The van der Waals surface area contributed by atoms with Crippen LogP contribution in [0.4, 0.5) is 0 Å². The van der Waals surface area contributed by atoms with Crippen LogP contribution in [0.15, 0.2) is 24.4 Å². The van der Waals surface area contributed by atoms with Gasteiger partial charge in [-0.2, -0.15) is 11.8 Å². The first-order valence-electron chi connectivity index (χ1n) is 8.12. The Morgan fingerprint density at radius 3 is 3.13 bits per heavy atom. The van der Waals surface area contributed by atoms with Crippen LogP contribution in [0.3, 0.4) is 0 Å². The minimum Gasteiger partial charge on any atom is -0.375 e. The molecule has 0 bridgehead atoms. The average molecular weight is 336 g/mol. The topological polar surface area (TPSA) is 51.7 Å². The fourth-order valence-corrected chi connectivity index (χ4v) is 3.85. The number of rotatable bonds is 7. The van der Waals surface area contributed by atoms with Crippen LogP contribution in [-0.4, -0.2) is 59.7 Å². The third-order valence-corrected chi connectivity index (χ3v) is 5.26. The fourth-order valence-electron chi connectivity index (χ4n) is 3.42. The van der Waals surface area contributed by atoms with Crippen LogP contribution in [0.25, 0.3) is 0 Å². The molecule has 1 spiro atoms. The molecule has 23 heavy (non-hydrogen) atoms. The Balaban J connectivity index is 1.41. The van der Waals surface area contributed by atoms with E-state index < -0.39 is 0 Å². The van der Waals surface area contributed by atoms with Crippen LogP contribution >= 0.6 is 11.8 Å². The number of amides is 1. The minimum atomic E-state index is -0.109. The molecule has 0 radical (unpaired) electrons. The summed E-state index contributed by atoms with van der Waals surface area (Å²) in [6.07, 6.45) is 5.79. The van der Waals surface area contributed by atoms with E-state index in [1.807, 2.05) is 29.4 Å². The van der Waals surface area contributed by atoms with Gasteiger partial charge in [0, 0.05) is 19.4 Å². The predicted octanol–water partition coefficient (Wildman–Crippen LogP) is 1.97. The second kappa shape index (κ2) is 7.64. The van der Waals surface area contributed by atoms with E-state index in [2.05, 4.69) is 4.98 Å². The number of hydrogen-bond donors (Lipinski definition) is 0. The number of hydrogen-bond acceptors (Lipinski definition) is 5. The molecular formula is C17H24N2O3S. The Bertz CT molecular complexity index is 520. The zero-order valence-electron chi connectivity index (χ0n) is 13.6. The quantitative estimate of drug-likeness (QED) is 0.713. The Labute approximate surface area is 141 Å². The zero-order valence-corrected chi connectivity index (χ0v) is 14.4. The molecule has 3 rings (SSSR count). The molecule has 6 heteroatoms. The maximum atomic E-state index is 11.9. The van der Waals surface area contributed by atoms with Crippen molar-refractivity contribution in [3.8, 4) is 0 Å². The lowest BCUT2D eigenvalue weighted by molar-refractivity contribution is -0.163. The molecule has 0 saturated carbocycles. The number of nitrogens with zero attached hydrogens (tertiary/aromatic N) is 2. The van der Waals surface area contributed by atoms with Gasteiger partial charge in [0.1, 0.15) is 5.60 Å². The van der Waals surface area contributed by atoms with E-state index in [4.69, 9.17) is 9.47 Å². The largest absolute Gasteiger partial charge is 0.375 e. The lowest BCUT2D eigenvalue weighted by atomic mass is 9.79. The van der Waals surface area contributed by atoms with Crippen LogP contribution in [0, 0.1) is 5.92 Å². The van der Waals surface area contributed by atoms with E-state index in [-0.39, 0.29) is 11.5 Å². The third-order valence-electron chi connectivity index (χ3n) is 4.72. The molecule has 3 heterocycles. The highest BCUT2D eigenvalue weighted by atomic mass is 32.2. The predicted molar refractivity (Wildman–Crippen MR) is 90.3 cm³/mol. The summed E-state index contributed by atoms with van der Waals surface area (Å²) in [4.78, 5) is 18.1. The van der Waals surface area contributed by atoms with Crippen molar-refractivity contribution in [2.24, 2.45) is 5.92 Å². The van der Waals surface area contributed by atoms with Crippen molar-refractivity contribution in [3.63, 3.8) is 0 Å². The first kappa shape index (κ1) is 16.7. The van der Waals surface area contributed by atoms with Crippen LogP contribution in [0.1, 0.15) is 18.5 Å². The van der Waals surface area contributed by atoms with Gasteiger partial charge < -0.3 is 14.4 Å². The van der Waals surface area contributed by atoms with Gasteiger partial charge in [-0.25, -0.2) is 0 Å². The molecule has 126 valence electrons. The summed E-state index contributed by atoms with van der Waals surface area (Å²) < 4.78 is 11.7. The van der Waals surface area contributed by atoms with Crippen molar-refractivity contribution in [2.75, 3.05) is 38.3 Å². The first-order chi connectivity index (χ1) is 11.2. The average Bonchev–Trinajstić information content (AvgIpc) is 2.95. The number of likely N-dealkylation sites (tertiary alicyclic amines) is 1. The molecule has 2 fully saturated rings.